The molecule has 1 unspecified atom stereocenters. The molecule has 2 aromatic rings. The number of amides is 1. The smallest absolute Gasteiger partial charge is 0.227 e. The maximum Gasteiger partial charge on any atom is 0.227 e. The molecule has 3 heterocycles. The number of carbonyl (C=O) groups excluding carboxylic acids is 1. The maximum atomic E-state index is 12.0. The number of ether oxygens (including phenoxy) is 1. The summed E-state index contributed by atoms with van der Waals surface area (Å²) in [7, 11) is 1.80. The highest BCUT2D eigenvalue weighted by atomic mass is 16.5. The van der Waals surface area contributed by atoms with Gasteiger partial charge in [-0.25, -0.2) is 4.98 Å². The van der Waals surface area contributed by atoms with Gasteiger partial charge in [-0.15, -0.1) is 0 Å². The summed E-state index contributed by atoms with van der Waals surface area (Å²) >= 11 is 0. The molecule has 1 aromatic heterocycles. The Labute approximate surface area is 171 Å². The summed E-state index contributed by atoms with van der Waals surface area (Å²) in [4.78, 5) is 24.8. The molecule has 2 fully saturated rings. The van der Waals surface area contributed by atoms with Crippen molar-refractivity contribution in [2.75, 3.05) is 31.6 Å². The van der Waals surface area contributed by atoms with Crippen molar-refractivity contribution in [3.8, 4) is 5.88 Å². The van der Waals surface area contributed by atoms with Crippen LogP contribution in [0.25, 0.3) is 0 Å². The predicted octanol–water partition coefficient (Wildman–Crippen LogP) is 2.44. The number of likely N-dealkylation sites (tertiary alicyclic amines) is 1. The molecule has 0 spiro atoms. The molecule has 4 rings (SSSR count). The molecular weight excluding hydrogens is 366 g/mol. The summed E-state index contributed by atoms with van der Waals surface area (Å²) in [5.74, 6) is 1.73. The molecular formula is C22H27N5O2. The Morgan fingerprint density at radius 1 is 1.28 bits per heavy atom. The van der Waals surface area contributed by atoms with Crippen LogP contribution < -0.4 is 15.0 Å². The summed E-state index contributed by atoms with van der Waals surface area (Å²) in [5.41, 5.74) is 2.11. The fourth-order valence-electron chi connectivity index (χ4n) is 3.87. The number of carbonyl (C=O) groups is 1. The third-order valence-corrected chi connectivity index (χ3v) is 5.33. The van der Waals surface area contributed by atoms with Gasteiger partial charge >= 0.3 is 0 Å². The fraction of sp³-hybridized carbons (Fsp3) is 0.409. The van der Waals surface area contributed by atoms with Crippen molar-refractivity contribution in [3.05, 3.63) is 54.2 Å². The number of aromatic nitrogens is 1. The van der Waals surface area contributed by atoms with E-state index in [0.29, 0.717) is 18.8 Å². The van der Waals surface area contributed by atoms with E-state index in [9.17, 15) is 4.79 Å². The second-order valence-corrected chi connectivity index (χ2v) is 7.36. The van der Waals surface area contributed by atoms with Crippen LogP contribution in [0.3, 0.4) is 0 Å². The van der Waals surface area contributed by atoms with Crippen molar-refractivity contribution >= 4 is 17.6 Å². The number of benzene rings is 1. The third-order valence-electron chi connectivity index (χ3n) is 5.33. The van der Waals surface area contributed by atoms with E-state index >= 15 is 0 Å². The minimum Gasteiger partial charge on any atom is -0.472 e. The van der Waals surface area contributed by atoms with E-state index in [0.717, 1.165) is 49.7 Å². The lowest BCUT2D eigenvalue weighted by atomic mass is 10.2. The normalized spacial score (nSPS) is 19.7. The zero-order valence-electron chi connectivity index (χ0n) is 16.8. The zero-order chi connectivity index (χ0) is 20.1. The molecule has 2 aliphatic rings. The number of rotatable bonds is 5. The summed E-state index contributed by atoms with van der Waals surface area (Å²) in [5, 5.41) is 3.44. The molecule has 0 radical (unpaired) electrons. The second kappa shape index (κ2) is 8.94. The molecule has 152 valence electrons. The van der Waals surface area contributed by atoms with Crippen LogP contribution >= 0.6 is 0 Å². The average Bonchev–Trinajstić information content (AvgIpc) is 3.39. The van der Waals surface area contributed by atoms with E-state index in [1.807, 2.05) is 35.2 Å². The van der Waals surface area contributed by atoms with Crippen LogP contribution in [-0.2, 0) is 11.3 Å². The summed E-state index contributed by atoms with van der Waals surface area (Å²) < 4.78 is 5.97. The third kappa shape index (κ3) is 4.67. The van der Waals surface area contributed by atoms with Crippen molar-refractivity contribution in [1.82, 2.24) is 15.2 Å². The Morgan fingerprint density at radius 2 is 2.21 bits per heavy atom. The SMILES string of the molecule is CN=C(NCc1cccc(N2CCCC2=O)c1)N1CCC(Oc2ccccn2)C1. The average molecular weight is 393 g/mol. The number of guanidine groups is 1. The van der Waals surface area contributed by atoms with Crippen LogP contribution in [-0.4, -0.2) is 54.5 Å². The number of nitrogens with one attached hydrogen (secondary N) is 1. The number of nitrogens with zero attached hydrogens (tertiary/aromatic N) is 4. The highest BCUT2D eigenvalue weighted by Gasteiger charge is 2.26. The van der Waals surface area contributed by atoms with Crippen molar-refractivity contribution < 1.29 is 9.53 Å². The molecule has 0 aliphatic carbocycles. The molecule has 1 N–H and O–H groups in total. The summed E-state index contributed by atoms with van der Waals surface area (Å²) in [6, 6.07) is 13.9. The van der Waals surface area contributed by atoms with Crippen LogP contribution in [0.2, 0.25) is 0 Å². The lowest BCUT2D eigenvalue weighted by molar-refractivity contribution is -0.117. The van der Waals surface area contributed by atoms with E-state index in [1.165, 1.54) is 0 Å². The number of pyridine rings is 1. The van der Waals surface area contributed by atoms with Crippen LogP contribution in [0.4, 0.5) is 5.69 Å². The molecule has 2 saturated heterocycles. The van der Waals surface area contributed by atoms with E-state index in [4.69, 9.17) is 4.74 Å². The molecule has 1 aromatic carbocycles. The number of hydrogen-bond acceptors (Lipinski definition) is 4. The Bertz CT molecular complexity index is 871. The van der Waals surface area contributed by atoms with Crippen LogP contribution in [0.5, 0.6) is 5.88 Å². The van der Waals surface area contributed by atoms with E-state index < -0.39 is 0 Å². The molecule has 29 heavy (non-hydrogen) atoms. The predicted molar refractivity (Wildman–Crippen MR) is 113 cm³/mol. The quantitative estimate of drug-likeness (QED) is 0.624. The van der Waals surface area contributed by atoms with Gasteiger partial charge in [0.05, 0.1) is 6.54 Å². The van der Waals surface area contributed by atoms with Gasteiger partial charge in [-0.2, -0.15) is 0 Å². The largest absolute Gasteiger partial charge is 0.472 e. The van der Waals surface area contributed by atoms with Crippen molar-refractivity contribution in [2.45, 2.75) is 31.9 Å². The summed E-state index contributed by atoms with van der Waals surface area (Å²) in [6.45, 7) is 3.13. The minimum atomic E-state index is 0.105. The first-order valence-corrected chi connectivity index (χ1v) is 10.2. The monoisotopic (exact) mass is 393 g/mol. The molecule has 2 aliphatic heterocycles. The van der Waals surface area contributed by atoms with E-state index in [1.54, 1.807) is 13.2 Å². The van der Waals surface area contributed by atoms with Gasteiger partial charge in [-0.3, -0.25) is 9.79 Å². The first kappa shape index (κ1) is 19.2. The Kier molecular flexibility index (Phi) is 5.93. The van der Waals surface area contributed by atoms with Gasteiger partial charge in [-0.05, 0) is 30.2 Å². The summed E-state index contributed by atoms with van der Waals surface area (Å²) in [6.07, 6.45) is 4.36. The maximum absolute atomic E-state index is 12.0. The molecule has 7 heteroatoms. The van der Waals surface area contributed by atoms with Crippen LogP contribution in [0.15, 0.2) is 53.7 Å². The topological polar surface area (TPSA) is 70.1 Å². The Hall–Kier alpha value is -3.09. The Balaban J connectivity index is 1.32. The first-order valence-electron chi connectivity index (χ1n) is 10.2. The standard InChI is InChI=1S/C22H27N5O2/c1-23-22(26-13-10-19(16-26)29-20-8-2-3-11-24-20)25-15-17-6-4-7-18(14-17)27-12-5-9-21(27)28/h2-4,6-8,11,14,19H,5,9-10,12-13,15-16H2,1H3,(H,23,25). The van der Waals surface area contributed by atoms with Gasteiger partial charge in [0.1, 0.15) is 6.10 Å². The highest BCUT2D eigenvalue weighted by molar-refractivity contribution is 5.95. The minimum absolute atomic E-state index is 0.105. The Morgan fingerprint density at radius 3 is 2.97 bits per heavy atom. The van der Waals surface area contributed by atoms with Crippen LogP contribution in [0, 0.1) is 0 Å². The van der Waals surface area contributed by atoms with Gasteiger partial charge in [0, 0.05) is 57.5 Å². The lowest BCUT2D eigenvalue weighted by Gasteiger charge is -2.22. The molecule has 0 saturated carbocycles. The van der Waals surface area contributed by atoms with Gasteiger partial charge in [0.2, 0.25) is 11.8 Å². The lowest BCUT2D eigenvalue weighted by Crippen LogP contribution is -2.40. The van der Waals surface area contributed by atoms with Gasteiger partial charge in [0.15, 0.2) is 5.96 Å². The number of anilines is 1. The van der Waals surface area contributed by atoms with E-state index in [-0.39, 0.29) is 12.0 Å². The van der Waals surface area contributed by atoms with E-state index in [2.05, 4.69) is 32.3 Å². The number of hydrogen-bond donors (Lipinski definition) is 1. The molecule has 1 amide bonds. The molecule has 0 bridgehead atoms. The first-order chi connectivity index (χ1) is 14.2. The van der Waals surface area contributed by atoms with Crippen molar-refractivity contribution in [2.24, 2.45) is 4.99 Å². The van der Waals surface area contributed by atoms with Crippen molar-refractivity contribution in [1.29, 1.82) is 0 Å². The zero-order valence-corrected chi connectivity index (χ0v) is 16.8. The number of aliphatic imine (C=N–C) groups is 1. The van der Waals surface area contributed by atoms with Gasteiger partial charge in [0.25, 0.3) is 0 Å². The molecule has 7 nitrogen and oxygen atoms in total. The second-order valence-electron chi connectivity index (χ2n) is 7.36. The highest BCUT2D eigenvalue weighted by Crippen LogP contribution is 2.22. The molecule has 1 atom stereocenters. The van der Waals surface area contributed by atoms with Crippen molar-refractivity contribution in [3.63, 3.8) is 0 Å². The van der Waals surface area contributed by atoms with Gasteiger partial charge < -0.3 is 19.9 Å². The van der Waals surface area contributed by atoms with Gasteiger partial charge in [-0.1, -0.05) is 18.2 Å². The van der Waals surface area contributed by atoms with Crippen LogP contribution in [0.1, 0.15) is 24.8 Å². The fourth-order valence-corrected chi connectivity index (χ4v) is 3.87.